The van der Waals surface area contributed by atoms with Crippen LogP contribution in [0.25, 0.3) is 0 Å². The summed E-state index contributed by atoms with van der Waals surface area (Å²) in [6, 6.07) is 9.58. The minimum absolute atomic E-state index is 0.0534. The van der Waals surface area contributed by atoms with Crippen molar-refractivity contribution in [1.29, 1.82) is 0 Å². The van der Waals surface area contributed by atoms with Gasteiger partial charge in [-0.15, -0.1) is 0 Å². The van der Waals surface area contributed by atoms with Crippen LogP contribution >= 0.6 is 15.9 Å². The monoisotopic (exact) mass is 347 g/mol. The third-order valence-electron chi connectivity index (χ3n) is 3.09. The number of halogens is 1. The number of nitrogens with zero attached hydrogens (tertiary/aromatic N) is 1. The van der Waals surface area contributed by atoms with Crippen molar-refractivity contribution in [2.24, 2.45) is 0 Å². The Kier molecular flexibility index (Phi) is 5.33. The van der Waals surface area contributed by atoms with Gasteiger partial charge in [-0.1, -0.05) is 6.07 Å². The molecule has 110 valence electrons. The number of nitrogens with one attached hydrogen (secondary N) is 2. The molecule has 0 spiro atoms. The van der Waals surface area contributed by atoms with E-state index < -0.39 is 0 Å². The Morgan fingerprint density at radius 1 is 1.29 bits per heavy atom. The second-order valence-corrected chi connectivity index (χ2v) is 5.63. The average molecular weight is 348 g/mol. The van der Waals surface area contributed by atoms with Gasteiger partial charge in [0, 0.05) is 28.5 Å². The SMILES string of the molecule is CCNC(=O)c1ccc(C)c(NCc2ccc(Br)cn2)c1. The Morgan fingerprint density at radius 2 is 2.10 bits per heavy atom. The summed E-state index contributed by atoms with van der Waals surface area (Å²) in [7, 11) is 0. The van der Waals surface area contributed by atoms with Crippen molar-refractivity contribution >= 4 is 27.5 Å². The molecule has 0 aliphatic carbocycles. The number of carbonyl (C=O) groups excluding carboxylic acids is 1. The van der Waals surface area contributed by atoms with Crippen LogP contribution in [-0.2, 0) is 6.54 Å². The molecule has 1 heterocycles. The summed E-state index contributed by atoms with van der Waals surface area (Å²) >= 11 is 3.37. The predicted octanol–water partition coefficient (Wildman–Crippen LogP) is 3.51. The highest BCUT2D eigenvalue weighted by Crippen LogP contribution is 2.18. The molecule has 2 N–H and O–H groups in total. The fraction of sp³-hybridized carbons (Fsp3) is 0.250. The summed E-state index contributed by atoms with van der Waals surface area (Å²) < 4.78 is 0.959. The Balaban J connectivity index is 2.10. The van der Waals surface area contributed by atoms with E-state index in [0.717, 1.165) is 21.4 Å². The summed E-state index contributed by atoms with van der Waals surface area (Å²) in [5, 5.41) is 6.13. The Bertz CT molecular complexity index is 626. The highest BCUT2D eigenvalue weighted by molar-refractivity contribution is 9.10. The number of amides is 1. The van der Waals surface area contributed by atoms with Gasteiger partial charge < -0.3 is 10.6 Å². The Morgan fingerprint density at radius 3 is 2.76 bits per heavy atom. The lowest BCUT2D eigenvalue weighted by Gasteiger charge is -2.11. The molecule has 0 bridgehead atoms. The van der Waals surface area contributed by atoms with Crippen LogP contribution in [0.1, 0.15) is 28.5 Å². The lowest BCUT2D eigenvalue weighted by Crippen LogP contribution is -2.22. The predicted molar refractivity (Wildman–Crippen MR) is 88.4 cm³/mol. The summed E-state index contributed by atoms with van der Waals surface area (Å²) in [6.07, 6.45) is 1.77. The van der Waals surface area contributed by atoms with Crippen LogP contribution in [0.5, 0.6) is 0 Å². The maximum absolute atomic E-state index is 11.9. The topological polar surface area (TPSA) is 54.0 Å². The van der Waals surface area contributed by atoms with E-state index in [9.17, 15) is 4.79 Å². The standard InChI is InChI=1S/C16H18BrN3O/c1-3-18-16(21)12-5-4-11(2)15(8-12)20-10-14-7-6-13(17)9-19-14/h4-9,20H,3,10H2,1-2H3,(H,18,21). The normalized spacial score (nSPS) is 10.2. The maximum atomic E-state index is 11.9. The lowest BCUT2D eigenvalue weighted by atomic mass is 10.1. The van der Waals surface area contributed by atoms with Gasteiger partial charge in [0.05, 0.1) is 12.2 Å². The first-order chi connectivity index (χ1) is 10.1. The van der Waals surface area contributed by atoms with Crippen molar-refractivity contribution in [2.45, 2.75) is 20.4 Å². The molecule has 0 saturated carbocycles. The number of benzene rings is 1. The molecule has 1 amide bonds. The average Bonchev–Trinajstić information content (AvgIpc) is 2.48. The van der Waals surface area contributed by atoms with Crippen LogP contribution in [0.4, 0.5) is 5.69 Å². The van der Waals surface area contributed by atoms with Gasteiger partial charge in [0.25, 0.3) is 5.91 Å². The van der Waals surface area contributed by atoms with E-state index in [0.29, 0.717) is 18.7 Å². The molecule has 1 aromatic carbocycles. The summed E-state index contributed by atoms with van der Waals surface area (Å²) in [4.78, 5) is 16.2. The van der Waals surface area contributed by atoms with Crippen LogP contribution in [0.3, 0.4) is 0 Å². The molecule has 21 heavy (non-hydrogen) atoms. The van der Waals surface area contributed by atoms with E-state index in [1.54, 1.807) is 6.20 Å². The first-order valence-corrected chi connectivity index (χ1v) is 7.62. The van der Waals surface area contributed by atoms with Crippen LogP contribution in [-0.4, -0.2) is 17.4 Å². The lowest BCUT2D eigenvalue weighted by molar-refractivity contribution is 0.0956. The summed E-state index contributed by atoms with van der Waals surface area (Å²) in [5.74, 6) is -0.0534. The molecule has 2 aromatic rings. The summed E-state index contributed by atoms with van der Waals surface area (Å²) in [5.41, 5.74) is 3.65. The second-order valence-electron chi connectivity index (χ2n) is 4.71. The molecule has 0 saturated heterocycles. The summed E-state index contributed by atoms with van der Waals surface area (Å²) in [6.45, 7) is 5.16. The van der Waals surface area contributed by atoms with E-state index in [-0.39, 0.29) is 5.91 Å². The van der Waals surface area contributed by atoms with Crippen LogP contribution < -0.4 is 10.6 Å². The molecule has 1 aromatic heterocycles. The van der Waals surface area contributed by atoms with Gasteiger partial charge >= 0.3 is 0 Å². The van der Waals surface area contributed by atoms with Crippen LogP contribution in [0.15, 0.2) is 41.0 Å². The zero-order chi connectivity index (χ0) is 15.2. The van der Waals surface area contributed by atoms with E-state index in [1.807, 2.05) is 44.2 Å². The number of rotatable bonds is 5. The molecular weight excluding hydrogens is 330 g/mol. The smallest absolute Gasteiger partial charge is 0.251 e. The van der Waals surface area contributed by atoms with Crippen molar-refractivity contribution in [3.05, 3.63) is 57.8 Å². The molecular formula is C16H18BrN3O. The number of hydrogen-bond acceptors (Lipinski definition) is 3. The minimum Gasteiger partial charge on any atom is -0.379 e. The quantitative estimate of drug-likeness (QED) is 0.869. The molecule has 5 heteroatoms. The number of anilines is 1. The number of hydrogen-bond donors (Lipinski definition) is 2. The van der Waals surface area contributed by atoms with Gasteiger partial charge in [-0.2, -0.15) is 0 Å². The minimum atomic E-state index is -0.0534. The van der Waals surface area contributed by atoms with Gasteiger partial charge in [0.2, 0.25) is 0 Å². The third-order valence-corrected chi connectivity index (χ3v) is 3.55. The highest BCUT2D eigenvalue weighted by Gasteiger charge is 2.07. The highest BCUT2D eigenvalue weighted by atomic mass is 79.9. The largest absolute Gasteiger partial charge is 0.379 e. The number of aromatic nitrogens is 1. The van der Waals surface area contributed by atoms with Crippen LogP contribution in [0, 0.1) is 6.92 Å². The molecule has 0 fully saturated rings. The number of aryl methyl sites for hydroxylation is 1. The fourth-order valence-corrected chi connectivity index (χ4v) is 2.15. The van der Waals surface area contributed by atoms with Gasteiger partial charge in [0.15, 0.2) is 0 Å². The Labute approximate surface area is 133 Å². The van der Waals surface area contributed by atoms with Gasteiger partial charge in [-0.05, 0) is 59.6 Å². The van der Waals surface area contributed by atoms with Gasteiger partial charge in [-0.25, -0.2) is 0 Å². The fourth-order valence-electron chi connectivity index (χ4n) is 1.91. The molecule has 2 rings (SSSR count). The van der Waals surface area contributed by atoms with Gasteiger partial charge in [0.1, 0.15) is 0 Å². The van der Waals surface area contributed by atoms with Crippen molar-refractivity contribution < 1.29 is 4.79 Å². The first-order valence-electron chi connectivity index (χ1n) is 6.83. The Hall–Kier alpha value is -1.88. The van der Waals surface area contributed by atoms with E-state index in [1.165, 1.54) is 0 Å². The first kappa shape index (κ1) is 15.5. The number of carbonyl (C=O) groups is 1. The van der Waals surface area contributed by atoms with E-state index in [2.05, 4.69) is 31.5 Å². The molecule has 0 atom stereocenters. The molecule has 0 unspecified atom stereocenters. The molecule has 4 nitrogen and oxygen atoms in total. The number of pyridine rings is 1. The maximum Gasteiger partial charge on any atom is 0.251 e. The van der Waals surface area contributed by atoms with Gasteiger partial charge in [-0.3, -0.25) is 9.78 Å². The van der Waals surface area contributed by atoms with Crippen molar-refractivity contribution in [3.63, 3.8) is 0 Å². The van der Waals surface area contributed by atoms with Crippen molar-refractivity contribution in [1.82, 2.24) is 10.3 Å². The molecule has 0 aliphatic rings. The second kappa shape index (κ2) is 7.22. The molecule has 0 radical (unpaired) electrons. The van der Waals surface area contributed by atoms with Crippen LogP contribution in [0.2, 0.25) is 0 Å². The zero-order valence-electron chi connectivity index (χ0n) is 12.1. The van der Waals surface area contributed by atoms with E-state index in [4.69, 9.17) is 0 Å². The molecule has 0 aliphatic heterocycles. The van der Waals surface area contributed by atoms with Crippen molar-refractivity contribution in [2.75, 3.05) is 11.9 Å². The van der Waals surface area contributed by atoms with E-state index >= 15 is 0 Å². The van der Waals surface area contributed by atoms with Crippen molar-refractivity contribution in [3.8, 4) is 0 Å². The third kappa shape index (κ3) is 4.29. The zero-order valence-corrected chi connectivity index (χ0v) is 13.7.